The number of nitrogens with one attached hydrogen (secondary N) is 1. The summed E-state index contributed by atoms with van der Waals surface area (Å²) in [6, 6.07) is 8.07. The van der Waals surface area contributed by atoms with E-state index in [-0.39, 0.29) is 11.3 Å². The maximum atomic E-state index is 10.8. The summed E-state index contributed by atoms with van der Waals surface area (Å²) in [5, 5.41) is 26.7. The van der Waals surface area contributed by atoms with Crippen molar-refractivity contribution in [3.63, 3.8) is 0 Å². The number of aromatic nitrogens is 2. The van der Waals surface area contributed by atoms with Gasteiger partial charge in [0, 0.05) is 30.7 Å². The van der Waals surface area contributed by atoms with E-state index in [0.29, 0.717) is 18.8 Å². The minimum atomic E-state index is -0.558. The van der Waals surface area contributed by atoms with Crippen LogP contribution in [0.25, 0.3) is 0 Å². The highest BCUT2D eigenvalue weighted by Crippen LogP contribution is 2.22. The molecular formula is C12H11N5O2. The Morgan fingerprint density at radius 1 is 1.53 bits per heavy atom. The maximum Gasteiger partial charge on any atom is 0.289 e. The van der Waals surface area contributed by atoms with Gasteiger partial charge in [-0.2, -0.15) is 10.4 Å². The highest BCUT2D eigenvalue weighted by atomic mass is 16.6. The summed E-state index contributed by atoms with van der Waals surface area (Å²) in [5.74, 6) is 0. The van der Waals surface area contributed by atoms with Crippen molar-refractivity contribution in [3.8, 4) is 6.07 Å². The molecule has 2 rings (SSSR count). The number of rotatable bonds is 5. The van der Waals surface area contributed by atoms with Gasteiger partial charge in [0.05, 0.1) is 11.5 Å². The quantitative estimate of drug-likeness (QED) is 0.650. The summed E-state index contributed by atoms with van der Waals surface area (Å²) in [6.07, 6.45) is 3.52. The third-order valence-electron chi connectivity index (χ3n) is 2.54. The van der Waals surface area contributed by atoms with Crippen molar-refractivity contribution >= 4 is 11.4 Å². The Hall–Kier alpha value is -2.88. The van der Waals surface area contributed by atoms with Crippen LogP contribution in [0.5, 0.6) is 0 Å². The smallest absolute Gasteiger partial charge is 0.289 e. The summed E-state index contributed by atoms with van der Waals surface area (Å²) >= 11 is 0. The van der Waals surface area contributed by atoms with Gasteiger partial charge in [-0.05, 0) is 18.2 Å². The summed E-state index contributed by atoms with van der Waals surface area (Å²) in [5.41, 5.74) is 0.479. The van der Waals surface area contributed by atoms with Gasteiger partial charge in [-0.3, -0.25) is 14.8 Å². The lowest BCUT2D eigenvalue weighted by atomic mass is 10.2. The second-order valence-corrected chi connectivity index (χ2v) is 3.80. The maximum absolute atomic E-state index is 10.8. The van der Waals surface area contributed by atoms with E-state index in [2.05, 4.69) is 10.4 Å². The highest BCUT2D eigenvalue weighted by Gasteiger charge is 2.13. The number of nitro groups is 1. The first kappa shape index (κ1) is 12.6. The second-order valence-electron chi connectivity index (χ2n) is 3.80. The first-order chi connectivity index (χ1) is 9.20. The van der Waals surface area contributed by atoms with Gasteiger partial charge in [0.15, 0.2) is 0 Å². The van der Waals surface area contributed by atoms with Crippen molar-refractivity contribution in [3.05, 3.63) is 52.3 Å². The lowest BCUT2D eigenvalue weighted by Gasteiger charge is -2.06. The van der Waals surface area contributed by atoms with E-state index >= 15 is 0 Å². The average molecular weight is 257 g/mol. The number of nitrogens with zero attached hydrogens (tertiary/aromatic N) is 4. The van der Waals surface area contributed by atoms with Gasteiger partial charge in [0.25, 0.3) is 5.69 Å². The molecule has 96 valence electrons. The Morgan fingerprint density at radius 3 is 3.00 bits per heavy atom. The fourth-order valence-electron chi connectivity index (χ4n) is 1.63. The predicted molar refractivity (Wildman–Crippen MR) is 68.5 cm³/mol. The van der Waals surface area contributed by atoms with Gasteiger partial charge in [0.1, 0.15) is 11.6 Å². The average Bonchev–Trinajstić information content (AvgIpc) is 2.91. The minimum Gasteiger partial charge on any atom is -0.383 e. The largest absolute Gasteiger partial charge is 0.383 e. The number of nitro benzene ring substituents is 1. The molecule has 0 saturated carbocycles. The molecule has 19 heavy (non-hydrogen) atoms. The van der Waals surface area contributed by atoms with Crippen molar-refractivity contribution < 1.29 is 4.92 Å². The summed E-state index contributed by atoms with van der Waals surface area (Å²) in [6.45, 7) is 1.24. The molecule has 1 N–H and O–H groups in total. The fraction of sp³-hybridized carbons (Fsp3) is 0.167. The highest BCUT2D eigenvalue weighted by molar-refractivity contribution is 5.59. The number of nitriles is 1. The molecule has 7 heteroatoms. The van der Waals surface area contributed by atoms with Gasteiger partial charge in [0.2, 0.25) is 0 Å². The van der Waals surface area contributed by atoms with E-state index in [1.807, 2.05) is 12.3 Å². The van der Waals surface area contributed by atoms with Crippen molar-refractivity contribution in [1.29, 1.82) is 5.26 Å². The molecule has 0 unspecified atom stereocenters. The number of benzene rings is 1. The molecule has 0 aliphatic heterocycles. The zero-order valence-electron chi connectivity index (χ0n) is 9.98. The van der Waals surface area contributed by atoms with Crippen LogP contribution in [0.15, 0.2) is 36.7 Å². The normalized spacial score (nSPS) is 9.84. The molecule has 0 bridgehead atoms. The van der Waals surface area contributed by atoms with Gasteiger partial charge < -0.3 is 5.32 Å². The van der Waals surface area contributed by atoms with Crippen LogP contribution in [0.4, 0.5) is 11.4 Å². The van der Waals surface area contributed by atoms with Crippen molar-refractivity contribution in [1.82, 2.24) is 9.78 Å². The molecule has 1 aromatic heterocycles. The second kappa shape index (κ2) is 5.64. The lowest BCUT2D eigenvalue weighted by molar-refractivity contribution is -0.385. The zero-order valence-corrected chi connectivity index (χ0v) is 9.98. The van der Waals surface area contributed by atoms with Gasteiger partial charge in [-0.1, -0.05) is 0 Å². The zero-order chi connectivity index (χ0) is 13.7. The van der Waals surface area contributed by atoms with Crippen LogP contribution in [0.3, 0.4) is 0 Å². The SMILES string of the molecule is N#Cc1ccc(NCCn2cccn2)cc1[N+](=O)[O-]. The minimum absolute atomic E-state index is 0.0580. The lowest BCUT2D eigenvalue weighted by Crippen LogP contribution is -2.11. The van der Waals surface area contributed by atoms with E-state index in [9.17, 15) is 10.1 Å². The molecule has 7 nitrogen and oxygen atoms in total. The van der Waals surface area contributed by atoms with Crippen molar-refractivity contribution in [2.24, 2.45) is 0 Å². The number of anilines is 1. The van der Waals surface area contributed by atoms with Crippen molar-refractivity contribution in [2.75, 3.05) is 11.9 Å². The number of hydrogen-bond acceptors (Lipinski definition) is 5. The first-order valence-corrected chi connectivity index (χ1v) is 5.60. The standard InChI is InChI=1S/C12H11N5O2/c13-9-10-2-3-11(8-12(10)17(18)19)14-5-7-16-6-1-4-15-16/h1-4,6,8,14H,5,7H2. The molecule has 0 atom stereocenters. The van der Waals surface area contributed by atoms with E-state index < -0.39 is 4.92 Å². The Kier molecular flexibility index (Phi) is 3.73. The monoisotopic (exact) mass is 257 g/mol. The summed E-state index contributed by atoms with van der Waals surface area (Å²) < 4.78 is 1.76. The molecule has 0 radical (unpaired) electrons. The summed E-state index contributed by atoms with van der Waals surface area (Å²) in [4.78, 5) is 10.2. The molecule has 0 saturated heterocycles. The predicted octanol–water partition coefficient (Wildman–Crippen LogP) is 1.78. The van der Waals surface area contributed by atoms with Crippen LogP contribution in [0, 0.1) is 21.4 Å². The molecule has 1 aromatic carbocycles. The van der Waals surface area contributed by atoms with E-state index in [0.717, 1.165) is 0 Å². The molecule has 0 spiro atoms. The Morgan fingerprint density at radius 2 is 2.37 bits per heavy atom. The van der Waals surface area contributed by atoms with Gasteiger partial charge in [-0.25, -0.2) is 0 Å². The van der Waals surface area contributed by atoms with Crippen LogP contribution in [0.2, 0.25) is 0 Å². The third kappa shape index (κ3) is 3.07. The third-order valence-corrected chi connectivity index (χ3v) is 2.54. The molecular weight excluding hydrogens is 246 g/mol. The molecule has 1 heterocycles. The van der Waals surface area contributed by atoms with Crippen LogP contribution in [-0.2, 0) is 6.54 Å². The number of hydrogen-bond donors (Lipinski definition) is 1. The van der Waals surface area contributed by atoms with Crippen molar-refractivity contribution in [2.45, 2.75) is 6.54 Å². The topological polar surface area (TPSA) is 96.8 Å². The van der Waals surface area contributed by atoms with E-state index in [4.69, 9.17) is 5.26 Å². The Bertz CT molecular complexity index is 616. The molecule has 0 amide bonds. The Balaban J connectivity index is 2.03. The first-order valence-electron chi connectivity index (χ1n) is 5.60. The van der Waals surface area contributed by atoms with Crippen LogP contribution in [-0.4, -0.2) is 21.2 Å². The van der Waals surface area contributed by atoms with Gasteiger partial charge >= 0.3 is 0 Å². The van der Waals surface area contributed by atoms with Gasteiger partial charge in [-0.15, -0.1) is 0 Å². The Labute approximate surface area is 109 Å². The van der Waals surface area contributed by atoms with Crippen LogP contribution < -0.4 is 5.32 Å². The molecule has 0 fully saturated rings. The van der Waals surface area contributed by atoms with Crippen LogP contribution in [0.1, 0.15) is 5.56 Å². The van der Waals surface area contributed by atoms with E-state index in [1.54, 1.807) is 23.0 Å². The van der Waals surface area contributed by atoms with Crippen LogP contribution >= 0.6 is 0 Å². The van der Waals surface area contributed by atoms with E-state index in [1.165, 1.54) is 12.1 Å². The molecule has 2 aromatic rings. The molecule has 0 aliphatic carbocycles. The fourth-order valence-corrected chi connectivity index (χ4v) is 1.63. The molecule has 0 aliphatic rings. The summed E-state index contributed by atoms with van der Waals surface area (Å²) in [7, 11) is 0.